The Bertz CT molecular complexity index is 758. The molecule has 3 aromatic rings. The Hall–Kier alpha value is -2.51. The predicted molar refractivity (Wildman–Crippen MR) is 85.8 cm³/mol. The molecule has 1 N–H and O–H groups in total. The molecule has 0 saturated heterocycles. The van der Waals surface area contributed by atoms with Crippen LogP contribution in [0.5, 0.6) is 0 Å². The molecule has 0 amide bonds. The number of aromatic amines is 1. The normalized spacial score (nSPS) is 10.2. The number of benzene rings is 2. The Morgan fingerprint density at radius 3 is 2.19 bits per heavy atom. The van der Waals surface area contributed by atoms with Crippen LogP contribution in [0.25, 0.3) is 22.4 Å². The Morgan fingerprint density at radius 2 is 1.57 bits per heavy atom. The zero-order valence-corrected chi connectivity index (χ0v) is 12.1. The first kappa shape index (κ1) is 13.5. The van der Waals surface area contributed by atoms with Gasteiger partial charge in [-0.05, 0) is 5.56 Å². The molecular weight excluding hydrogens is 278 g/mol. The molecule has 3 rings (SSSR count). The molecule has 0 atom stereocenters. The first-order chi connectivity index (χ1) is 10.4. The third kappa shape index (κ3) is 2.83. The number of aromatic nitrogens is 2. The zero-order chi connectivity index (χ0) is 14.5. The number of nitrogens with one attached hydrogen (secondary N) is 1. The quantitative estimate of drug-likeness (QED) is 0.727. The smallest absolute Gasteiger partial charge is 0.101 e. The highest BCUT2D eigenvalue weighted by Gasteiger charge is 2.16. The van der Waals surface area contributed by atoms with E-state index in [0.717, 1.165) is 27.4 Å². The van der Waals surface area contributed by atoms with Crippen molar-refractivity contribution in [1.82, 2.24) is 10.2 Å². The van der Waals surface area contributed by atoms with E-state index in [4.69, 9.17) is 5.26 Å². The Balaban J connectivity index is 2.13. The van der Waals surface area contributed by atoms with Crippen molar-refractivity contribution in [3.63, 3.8) is 0 Å². The van der Waals surface area contributed by atoms with E-state index in [2.05, 4.69) is 28.4 Å². The van der Waals surface area contributed by atoms with Gasteiger partial charge in [0.25, 0.3) is 0 Å². The number of nitrogens with zero attached hydrogens (tertiary/aromatic N) is 2. The molecule has 21 heavy (non-hydrogen) atoms. The summed E-state index contributed by atoms with van der Waals surface area (Å²) in [4.78, 5) is 0. The predicted octanol–water partition coefficient (Wildman–Crippen LogP) is 4.36. The van der Waals surface area contributed by atoms with Gasteiger partial charge in [0.2, 0.25) is 0 Å². The van der Waals surface area contributed by atoms with E-state index in [1.165, 1.54) is 11.8 Å². The lowest BCUT2D eigenvalue weighted by Crippen LogP contribution is -1.84. The van der Waals surface area contributed by atoms with E-state index < -0.39 is 0 Å². The summed E-state index contributed by atoms with van der Waals surface area (Å²) in [6.07, 6.45) is 0. The van der Waals surface area contributed by atoms with Gasteiger partial charge < -0.3 is 0 Å². The third-order valence-electron chi connectivity index (χ3n) is 3.12. The third-order valence-corrected chi connectivity index (χ3v) is 3.98. The second-order valence-corrected chi connectivity index (χ2v) is 5.44. The van der Waals surface area contributed by atoms with E-state index in [9.17, 15) is 0 Å². The van der Waals surface area contributed by atoms with Crippen LogP contribution < -0.4 is 0 Å². The van der Waals surface area contributed by atoms with Crippen LogP contribution in [0.2, 0.25) is 0 Å². The Morgan fingerprint density at radius 1 is 0.952 bits per heavy atom. The van der Waals surface area contributed by atoms with Crippen molar-refractivity contribution in [3.05, 3.63) is 60.7 Å². The fraction of sp³-hybridized carbons (Fsp3) is 0.0588. The van der Waals surface area contributed by atoms with E-state index >= 15 is 0 Å². The zero-order valence-electron chi connectivity index (χ0n) is 11.3. The fourth-order valence-electron chi connectivity index (χ4n) is 2.21. The second-order valence-electron chi connectivity index (χ2n) is 4.46. The highest BCUT2D eigenvalue weighted by atomic mass is 32.2. The minimum atomic E-state index is 0.399. The summed E-state index contributed by atoms with van der Waals surface area (Å²) in [6, 6.07) is 22.4. The molecule has 0 saturated carbocycles. The van der Waals surface area contributed by atoms with Crippen LogP contribution in [0.4, 0.5) is 0 Å². The van der Waals surface area contributed by atoms with E-state index in [1.807, 2.05) is 48.5 Å². The van der Waals surface area contributed by atoms with E-state index in [-0.39, 0.29) is 0 Å². The first-order valence-electron chi connectivity index (χ1n) is 6.59. The molecule has 102 valence electrons. The number of rotatable bonds is 4. The highest BCUT2D eigenvalue weighted by molar-refractivity contribution is 7.99. The maximum Gasteiger partial charge on any atom is 0.101 e. The van der Waals surface area contributed by atoms with Crippen molar-refractivity contribution in [2.75, 3.05) is 5.75 Å². The van der Waals surface area contributed by atoms with Crippen LogP contribution in [-0.2, 0) is 0 Å². The van der Waals surface area contributed by atoms with Gasteiger partial charge in [-0.3, -0.25) is 5.10 Å². The number of nitriles is 1. The Kier molecular flexibility index (Phi) is 4.04. The lowest BCUT2D eigenvalue weighted by atomic mass is 10.0. The molecule has 0 unspecified atom stereocenters. The summed E-state index contributed by atoms with van der Waals surface area (Å²) in [7, 11) is 0. The van der Waals surface area contributed by atoms with Gasteiger partial charge in [-0.15, -0.1) is 0 Å². The summed E-state index contributed by atoms with van der Waals surface area (Å²) in [5, 5.41) is 17.3. The van der Waals surface area contributed by atoms with Crippen molar-refractivity contribution >= 4 is 11.8 Å². The number of hydrogen-bond acceptors (Lipinski definition) is 3. The minimum Gasteiger partial charge on any atom is -0.271 e. The van der Waals surface area contributed by atoms with Crippen LogP contribution in [-0.4, -0.2) is 16.0 Å². The minimum absolute atomic E-state index is 0.399. The Labute approximate surface area is 127 Å². The summed E-state index contributed by atoms with van der Waals surface area (Å²) < 4.78 is 0. The van der Waals surface area contributed by atoms with Crippen molar-refractivity contribution < 1.29 is 0 Å². The van der Waals surface area contributed by atoms with Crippen LogP contribution >= 0.6 is 11.8 Å². The molecule has 1 heterocycles. The van der Waals surface area contributed by atoms with Gasteiger partial charge in [-0.1, -0.05) is 72.4 Å². The molecule has 2 aromatic carbocycles. The molecule has 1 aromatic heterocycles. The maximum atomic E-state index is 8.81. The fourth-order valence-corrected chi connectivity index (χ4v) is 2.89. The lowest BCUT2D eigenvalue weighted by molar-refractivity contribution is 1.01. The number of H-pyrrole nitrogens is 1. The van der Waals surface area contributed by atoms with Gasteiger partial charge in [-0.25, -0.2) is 0 Å². The van der Waals surface area contributed by atoms with Gasteiger partial charge in [0.15, 0.2) is 0 Å². The van der Waals surface area contributed by atoms with E-state index in [1.54, 1.807) is 0 Å². The van der Waals surface area contributed by atoms with Gasteiger partial charge in [0.1, 0.15) is 10.7 Å². The monoisotopic (exact) mass is 291 g/mol. The van der Waals surface area contributed by atoms with Crippen LogP contribution in [0, 0.1) is 11.3 Å². The first-order valence-corrected chi connectivity index (χ1v) is 7.57. The van der Waals surface area contributed by atoms with Crippen molar-refractivity contribution in [2.24, 2.45) is 0 Å². The summed E-state index contributed by atoms with van der Waals surface area (Å²) >= 11 is 1.48. The van der Waals surface area contributed by atoms with Gasteiger partial charge >= 0.3 is 0 Å². The highest BCUT2D eigenvalue weighted by Crippen LogP contribution is 2.37. The number of hydrogen-bond donors (Lipinski definition) is 1. The van der Waals surface area contributed by atoms with E-state index in [0.29, 0.717) is 5.75 Å². The second kappa shape index (κ2) is 6.29. The van der Waals surface area contributed by atoms with Crippen molar-refractivity contribution in [3.8, 4) is 28.5 Å². The summed E-state index contributed by atoms with van der Waals surface area (Å²) in [5.74, 6) is 0.399. The maximum absolute atomic E-state index is 8.81. The van der Waals surface area contributed by atoms with Crippen LogP contribution in [0.1, 0.15) is 0 Å². The van der Waals surface area contributed by atoms with Gasteiger partial charge in [-0.2, -0.15) is 10.4 Å². The molecule has 3 nitrogen and oxygen atoms in total. The standard InChI is InChI=1S/C17H13N3S/c18-11-12-21-17-15(13-7-3-1-4-8-13)16(19-20-17)14-9-5-2-6-10-14/h1-10H,12H2,(H,19,20). The molecule has 0 bridgehead atoms. The molecule has 4 heteroatoms. The molecule has 0 spiro atoms. The van der Waals surface area contributed by atoms with Crippen LogP contribution in [0.3, 0.4) is 0 Å². The number of thioether (sulfide) groups is 1. The average molecular weight is 291 g/mol. The van der Waals surface area contributed by atoms with Crippen molar-refractivity contribution in [2.45, 2.75) is 5.03 Å². The SMILES string of the molecule is N#CCSc1[nH]nc(-c2ccccc2)c1-c1ccccc1. The molecule has 0 aliphatic rings. The van der Waals surface area contributed by atoms with Crippen molar-refractivity contribution in [1.29, 1.82) is 5.26 Å². The van der Waals surface area contributed by atoms with Gasteiger partial charge in [0.05, 0.1) is 11.8 Å². The summed E-state index contributed by atoms with van der Waals surface area (Å²) in [5.41, 5.74) is 4.14. The topological polar surface area (TPSA) is 52.5 Å². The lowest BCUT2D eigenvalue weighted by Gasteiger charge is -2.05. The molecule has 0 fully saturated rings. The molecule has 0 aliphatic carbocycles. The average Bonchev–Trinajstić information content (AvgIpc) is 2.98. The summed E-state index contributed by atoms with van der Waals surface area (Å²) in [6.45, 7) is 0. The molecule has 0 aliphatic heterocycles. The largest absolute Gasteiger partial charge is 0.271 e. The molecular formula is C17H13N3S. The van der Waals surface area contributed by atoms with Crippen LogP contribution in [0.15, 0.2) is 65.7 Å². The molecule has 0 radical (unpaired) electrons. The van der Waals surface area contributed by atoms with Gasteiger partial charge in [0, 0.05) is 11.1 Å².